The summed E-state index contributed by atoms with van der Waals surface area (Å²) in [5.41, 5.74) is 1.78. The molecule has 36 heavy (non-hydrogen) atoms. The van der Waals surface area contributed by atoms with Crippen LogP contribution >= 0.6 is 11.6 Å². The Kier molecular flexibility index (Phi) is 10.6. The van der Waals surface area contributed by atoms with Gasteiger partial charge in [0.15, 0.2) is 0 Å². The smallest absolute Gasteiger partial charge is 0.328 e. The van der Waals surface area contributed by atoms with E-state index in [4.69, 9.17) is 16.3 Å². The fourth-order valence-electron chi connectivity index (χ4n) is 4.73. The van der Waals surface area contributed by atoms with E-state index in [9.17, 15) is 19.5 Å². The molecule has 2 aromatic rings. The molecule has 0 saturated heterocycles. The molecule has 1 aliphatic rings. The first-order valence-corrected chi connectivity index (χ1v) is 12.9. The van der Waals surface area contributed by atoms with Gasteiger partial charge in [-0.05, 0) is 67.0 Å². The molecule has 0 aromatic heterocycles. The van der Waals surface area contributed by atoms with E-state index in [1.807, 2.05) is 24.3 Å². The fraction of sp³-hybridized carbons (Fsp3) is 0.464. The summed E-state index contributed by atoms with van der Waals surface area (Å²) in [5.74, 6) is -1.06. The van der Waals surface area contributed by atoms with Gasteiger partial charge in [-0.15, -0.1) is 0 Å². The summed E-state index contributed by atoms with van der Waals surface area (Å²) in [6, 6.07) is 12.4. The predicted octanol–water partition coefficient (Wildman–Crippen LogP) is 4.33. The van der Waals surface area contributed by atoms with Crippen LogP contribution in [0.25, 0.3) is 0 Å². The first kappa shape index (κ1) is 27.5. The molecule has 8 heteroatoms. The number of halogens is 1. The van der Waals surface area contributed by atoms with Crippen LogP contribution in [0.2, 0.25) is 5.02 Å². The molecule has 2 amide bonds. The zero-order valence-electron chi connectivity index (χ0n) is 20.7. The van der Waals surface area contributed by atoms with Gasteiger partial charge < -0.3 is 20.5 Å². The second-order valence-electron chi connectivity index (χ2n) is 9.38. The van der Waals surface area contributed by atoms with E-state index in [-0.39, 0.29) is 29.9 Å². The van der Waals surface area contributed by atoms with E-state index in [2.05, 4.69) is 10.6 Å². The number of methoxy groups -OCH3 is 1. The molecule has 1 aliphatic carbocycles. The molecule has 1 saturated carbocycles. The summed E-state index contributed by atoms with van der Waals surface area (Å²) >= 11 is 5.93. The number of nitrogens with one attached hydrogen (secondary N) is 2. The highest BCUT2D eigenvalue weighted by Crippen LogP contribution is 2.27. The van der Waals surface area contributed by atoms with Crippen molar-refractivity contribution in [1.82, 2.24) is 10.6 Å². The number of amides is 2. The van der Waals surface area contributed by atoms with Crippen molar-refractivity contribution in [2.45, 2.75) is 69.9 Å². The number of carbonyl (C=O) groups excluding carboxylic acids is 3. The van der Waals surface area contributed by atoms with Crippen molar-refractivity contribution in [1.29, 1.82) is 0 Å². The summed E-state index contributed by atoms with van der Waals surface area (Å²) in [6.45, 7) is 0. The van der Waals surface area contributed by atoms with Gasteiger partial charge in [0.1, 0.15) is 17.8 Å². The molecule has 3 rings (SSSR count). The van der Waals surface area contributed by atoms with Gasteiger partial charge in [-0.1, -0.05) is 55.1 Å². The lowest BCUT2D eigenvalue weighted by Crippen LogP contribution is -2.55. The first-order chi connectivity index (χ1) is 17.4. The van der Waals surface area contributed by atoms with Crippen LogP contribution in [-0.4, -0.2) is 42.1 Å². The molecule has 0 aliphatic heterocycles. The van der Waals surface area contributed by atoms with Crippen LogP contribution in [-0.2, 0) is 32.0 Å². The lowest BCUT2D eigenvalue weighted by Gasteiger charge is -2.31. The van der Waals surface area contributed by atoms with Gasteiger partial charge in [0.05, 0.1) is 7.11 Å². The molecule has 2 unspecified atom stereocenters. The minimum atomic E-state index is -0.933. The van der Waals surface area contributed by atoms with Gasteiger partial charge in [0.2, 0.25) is 11.8 Å². The number of hydrogen-bond acceptors (Lipinski definition) is 5. The van der Waals surface area contributed by atoms with Gasteiger partial charge in [-0.2, -0.15) is 0 Å². The van der Waals surface area contributed by atoms with Crippen LogP contribution < -0.4 is 10.6 Å². The summed E-state index contributed by atoms with van der Waals surface area (Å²) < 4.78 is 4.91. The van der Waals surface area contributed by atoms with Crippen molar-refractivity contribution in [2.75, 3.05) is 7.11 Å². The van der Waals surface area contributed by atoms with E-state index in [0.717, 1.165) is 44.1 Å². The van der Waals surface area contributed by atoms with Crippen molar-refractivity contribution in [2.24, 2.45) is 5.92 Å². The monoisotopic (exact) mass is 514 g/mol. The zero-order valence-corrected chi connectivity index (χ0v) is 21.4. The largest absolute Gasteiger partial charge is 0.508 e. The molecule has 2 aromatic carbocycles. The molecule has 1 fully saturated rings. The summed E-state index contributed by atoms with van der Waals surface area (Å²) in [6.07, 6.45) is 6.66. The van der Waals surface area contributed by atoms with Crippen LogP contribution in [0, 0.1) is 5.92 Å². The standard InChI is InChI=1S/C28H35ClN2O5/c1-36-28(35)24(18-20-8-5-11-23(32)17-20)30-27(34)26(21-9-3-2-4-10-21)31-25(33)12-6-7-19-13-15-22(29)16-14-19/h5,8,11,13-17,21,24,26,32H,2-4,6-7,9-10,12,18H2,1H3,(H,30,34)(H,31,33). The van der Waals surface area contributed by atoms with Crippen molar-refractivity contribution >= 4 is 29.4 Å². The second kappa shape index (κ2) is 13.9. The SMILES string of the molecule is COC(=O)C(Cc1cccc(O)c1)NC(=O)C(NC(=O)CCCc1ccc(Cl)cc1)C1CCCCC1. The second-order valence-corrected chi connectivity index (χ2v) is 9.82. The highest BCUT2D eigenvalue weighted by atomic mass is 35.5. The van der Waals surface area contributed by atoms with E-state index >= 15 is 0 Å². The number of aromatic hydroxyl groups is 1. The summed E-state index contributed by atoms with van der Waals surface area (Å²) in [5, 5.41) is 16.2. The minimum absolute atomic E-state index is 0.0121. The average molecular weight is 515 g/mol. The van der Waals surface area contributed by atoms with E-state index in [1.54, 1.807) is 18.2 Å². The number of carbonyl (C=O) groups is 3. The molecule has 0 heterocycles. The summed E-state index contributed by atoms with van der Waals surface area (Å²) in [4.78, 5) is 38.7. The van der Waals surface area contributed by atoms with Gasteiger partial charge in [-0.25, -0.2) is 4.79 Å². The van der Waals surface area contributed by atoms with Gasteiger partial charge in [-0.3, -0.25) is 9.59 Å². The lowest BCUT2D eigenvalue weighted by atomic mass is 9.83. The molecular weight excluding hydrogens is 480 g/mol. The Hall–Kier alpha value is -3.06. The Morgan fingerprint density at radius 3 is 2.42 bits per heavy atom. The maximum absolute atomic E-state index is 13.4. The van der Waals surface area contributed by atoms with Crippen molar-refractivity contribution < 1.29 is 24.2 Å². The molecule has 3 N–H and O–H groups in total. The quantitative estimate of drug-likeness (QED) is 0.387. The predicted molar refractivity (Wildman–Crippen MR) is 139 cm³/mol. The number of esters is 1. The Labute approximate surface area is 217 Å². The maximum atomic E-state index is 13.4. The van der Waals surface area contributed by atoms with Gasteiger partial charge >= 0.3 is 5.97 Å². The van der Waals surface area contributed by atoms with Crippen LogP contribution in [0.1, 0.15) is 56.1 Å². The van der Waals surface area contributed by atoms with E-state index < -0.39 is 18.1 Å². The number of rotatable bonds is 11. The van der Waals surface area contributed by atoms with Crippen LogP contribution in [0.3, 0.4) is 0 Å². The number of aryl methyl sites for hydroxylation is 1. The van der Waals surface area contributed by atoms with Gasteiger partial charge in [0, 0.05) is 17.9 Å². The molecular formula is C28H35ClN2O5. The highest BCUT2D eigenvalue weighted by molar-refractivity contribution is 6.30. The number of hydrogen-bond donors (Lipinski definition) is 3. The zero-order chi connectivity index (χ0) is 25.9. The van der Waals surface area contributed by atoms with E-state index in [1.165, 1.54) is 13.2 Å². The Morgan fingerprint density at radius 1 is 1.03 bits per heavy atom. The van der Waals surface area contributed by atoms with Crippen LogP contribution in [0.5, 0.6) is 5.75 Å². The van der Waals surface area contributed by atoms with Crippen molar-refractivity contribution in [3.8, 4) is 5.75 Å². The highest BCUT2D eigenvalue weighted by Gasteiger charge is 2.33. The topological polar surface area (TPSA) is 105 Å². The lowest BCUT2D eigenvalue weighted by molar-refractivity contribution is -0.145. The Bertz CT molecular complexity index is 1020. The Morgan fingerprint density at radius 2 is 1.75 bits per heavy atom. The first-order valence-electron chi connectivity index (χ1n) is 12.6. The number of phenolic OH excluding ortho intramolecular Hbond substituents is 1. The van der Waals surface area contributed by atoms with Crippen LogP contribution in [0.15, 0.2) is 48.5 Å². The fourth-order valence-corrected chi connectivity index (χ4v) is 4.86. The Balaban J connectivity index is 1.64. The molecule has 194 valence electrons. The molecule has 7 nitrogen and oxygen atoms in total. The average Bonchev–Trinajstić information content (AvgIpc) is 2.88. The van der Waals surface area contributed by atoms with E-state index in [0.29, 0.717) is 23.4 Å². The van der Waals surface area contributed by atoms with Crippen LogP contribution in [0.4, 0.5) is 0 Å². The molecule has 2 atom stereocenters. The third kappa shape index (κ3) is 8.55. The minimum Gasteiger partial charge on any atom is -0.508 e. The van der Waals surface area contributed by atoms with Crippen molar-refractivity contribution in [3.05, 3.63) is 64.7 Å². The van der Waals surface area contributed by atoms with Gasteiger partial charge in [0.25, 0.3) is 0 Å². The third-order valence-corrected chi connectivity index (χ3v) is 6.91. The molecule has 0 bridgehead atoms. The maximum Gasteiger partial charge on any atom is 0.328 e. The number of ether oxygens (including phenoxy) is 1. The number of benzene rings is 2. The number of phenols is 1. The molecule has 0 spiro atoms. The normalized spacial score (nSPS) is 15.5. The van der Waals surface area contributed by atoms with Crippen molar-refractivity contribution in [3.63, 3.8) is 0 Å². The molecule has 0 radical (unpaired) electrons. The third-order valence-electron chi connectivity index (χ3n) is 6.66. The summed E-state index contributed by atoms with van der Waals surface area (Å²) in [7, 11) is 1.27.